The Kier molecular flexibility index (Phi) is 4.06. The lowest BCUT2D eigenvalue weighted by Crippen LogP contribution is -2.73. The molecule has 4 rings (SSSR count). The maximum atomic E-state index is 11.8. The number of hydrogen-bond donors (Lipinski definition) is 3. The first-order valence-corrected chi connectivity index (χ1v) is 8.88. The molecule has 1 aliphatic heterocycles. The standard InChI is InChI=1S/C18H15N3O4S/c19-17(24)16-12-6-3-10-8-20-21-15(10)14(12)18(26-16)25-11-4-1-9(2-5-11)7-13(22)23/h1-2,4-5,8H,3,6-7H2,(H2,19,24)(H,20,21)(H,22,23)/p+1. The molecule has 0 fully saturated rings. The van der Waals surface area contributed by atoms with Crippen LogP contribution in [0.3, 0.4) is 0 Å². The van der Waals surface area contributed by atoms with Gasteiger partial charge in [0.1, 0.15) is 5.75 Å². The van der Waals surface area contributed by atoms with Gasteiger partial charge >= 0.3 is 5.97 Å². The number of ether oxygens (including phenoxy) is 1. The fourth-order valence-electron chi connectivity index (χ4n) is 3.22. The van der Waals surface area contributed by atoms with E-state index < -0.39 is 11.9 Å². The van der Waals surface area contributed by atoms with Crippen LogP contribution in [0.2, 0.25) is 0 Å². The summed E-state index contributed by atoms with van der Waals surface area (Å²) >= 11 is 1.24. The van der Waals surface area contributed by atoms with Crippen molar-refractivity contribution < 1.29 is 24.9 Å². The molecule has 0 spiro atoms. The van der Waals surface area contributed by atoms with Crippen molar-refractivity contribution in [1.29, 1.82) is 0 Å². The molecular formula is C18H16N3O4S+. The lowest BCUT2D eigenvalue weighted by atomic mass is 9.91. The van der Waals surface area contributed by atoms with E-state index in [9.17, 15) is 9.59 Å². The molecular weight excluding hydrogens is 354 g/mol. The van der Waals surface area contributed by atoms with E-state index in [2.05, 4.69) is 5.10 Å². The first-order valence-electron chi connectivity index (χ1n) is 8.07. The lowest BCUT2D eigenvalue weighted by molar-refractivity contribution is -0.565. The Labute approximate surface area is 152 Å². The molecule has 0 atom stereocenters. The van der Waals surface area contributed by atoms with Gasteiger partial charge < -0.3 is 15.6 Å². The molecule has 0 radical (unpaired) electrons. The summed E-state index contributed by atoms with van der Waals surface area (Å²) in [6.45, 7) is 0. The van der Waals surface area contributed by atoms with Crippen LogP contribution >= 0.6 is 11.3 Å². The summed E-state index contributed by atoms with van der Waals surface area (Å²) in [6.07, 6.45) is 3.35. The van der Waals surface area contributed by atoms with Gasteiger partial charge in [-0.15, -0.1) is 0 Å². The predicted octanol–water partition coefficient (Wildman–Crippen LogP) is 1.49. The Morgan fingerprint density at radius 1 is 1.27 bits per heavy atom. The quantitative estimate of drug-likeness (QED) is 0.691. The second-order valence-corrected chi connectivity index (χ2v) is 7.08. The topological polar surface area (TPSA) is 119 Å². The molecule has 26 heavy (non-hydrogen) atoms. The minimum atomic E-state index is -0.881. The molecule has 1 aliphatic carbocycles. The van der Waals surface area contributed by atoms with Gasteiger partial charge in [-0.2, -0.15) is 5.43 Å². The number of hydrogen-bond acceptors (Lipinski definition) is 5. The van der Waals surface area contributed by atoms with Crippen LogP contribution in [-0.4, -0.2) is 23.2 Å². The average Bonchev–Trinajstić information content (AvgIpc) is 3.20. The number of benzene rings is 1. The highest BCUT2D eigenvalue weighted by Crippen LogP contribution is 2.44. The highest BCUT2D eigenvalue weighted by molar-refractivity contribution is 7.16. The van der Waals surface area contributed by atoms with Crippen LogP contribution in [0.25, 0.3) is 5.70 Å². The molecule has 0 unspecified atom stereocenters. The summed E-state index contributed by atoms with van der Waals surface area (Å²) < 4.78 is 6.03. The highest BCUT2D eigenvalue weighted by Gasteiger charge is 2.34. The Morgan fingerprint density at radius 2 is 2.04 bits per heavy atom. The smallest absolute Gasteiger partial charge is 0.307 e. The van der Waals surface area contributed by atoms with Crippen LogP contribution in [0.1, 0.15) is 32.8 Å². The largest absolute Gasteiger partial charge is 0.481 e. The number of carboxylic acids is 1. The van der Waals surface area contributed by atoms with Crippen molar-refractivity contribution in [2.45, 2.75) is 19.3 Å². The minimum Gasteiger partial charge on any atom is -0.481 e. The number of carbonyl (C=O) groups excluding carboxylic acids is 1. The zero-order valence-corrected chi connectivity index (χ0v) is 14.5. The number of carbonyl (C=O) groups is 2. The van der Waals surface area contributed by atoms with Crippen LogP contribution in [0.4, 0.5) is 0 Å². The number of nitrogens with zero attached hydrogens (tertiary/aromatic N) is 1. The molecule has 2 heterocycles. The number of primary amides is 1. The van der Waals surface area contributed by atoms with Crippen LogP contribution in [0.15, 0.2) is 34.9 Å². The number of rotatable bonds is 5. The molecule has 132 valence electrons. The van der Waals surface area contributed by atoms with E-state index in [1.807, 2.05) is 6.21 Å². The summed E-state index contributed by atoms with van der Waals surface area (Å²) in [6, 6.07) is 6.88. The van der Waals surface area contributed by atoms with E-state index in [4.69, 9.17) is 15.6 Å². The molecule has 2 aliphatic rings. The van der Waals surface area contributed by atoms with E-state index >= 15 is 0 Å². The number of allylic oxidation sites excluding steroid dienone is 1. The summed E-state index contributed by atoms with van der Waals surface area (Å²) in [5.41, 5.74) is 11.9. The van der Waals surface area contributed by atoms with Crippen molar-refractivity contribution >= 4 is 35.1 Å². The van der Waals surface area contributed by atoms with E-state index in [-0.39, 0.29) is 6.42 Å². The number of aliphatic carboxylic acids is 1. The highest BCUT2D eigenvalue weighted by atomic mass is 32.1. The number of amides is 1. The Morgan fingerprint density at radius 3 is 2.73 bits per heavy atom. The predicted molar refractivity (Wildman–Crippen MR) is 96.4 cm³/mol. The van der Waals surface area contributed by atoms with Gasteiger partial charge in [-0.25, -0.2) is 0 Å². The van der Waals surface area contributed by atoms with Gasteiger partial charge in [-0.05, 0) is 36.1 Å². The summed E-state index contributed by atoms with van der Waals surface area (Å²) in [4.78, 5) is 23.1. The van der Waals surface area contributed by atoms with Crippen LogP contribution in [0.5, 0.6) is 10.8 Å². The molecule has 0 saturated heterocycles. The maximum Gasteiger partial charge on any atom is 0.307 e. The van der Waals surface area contributed by atoms with E-state index in [1.165, 1.54) is 11.3 Å². The first kappa shape index (κ1) is 16.5. The molecule has 0 bridgehead atoms. The Bertz CT molecular complexity index is 973. The lowest BCUT2D eigenvalue weighted by Gasteiger charge is -2.13. The third-order valence-corrected chi connectivity index (χ3v) is 5.51. The van der Waals surface area contributed by atoms with Crippen LogP contribution < -0.4 is 15.9 Å². The number of quaternary nitrogens is 1. The van der Waals surface area contributed by atoms with Crippen molar-refractivity contribution in [1.82, 2.24) is 0 Å². The van der Waals surface area contributed by atoms with Gasteiger partial charge in [0.2, 0.25) is 0 Å². The average molecular weight is 370 g/mol. The van der Waals surface area contributed by atoms with Crippen LogP contribution in [0, 0.1) is 0 Å². The first-order chi connectivity index (χ1) is 12.5. The van der Waals surface area contributed by atoms with Gasteiger partial charge in [-0.1, -0.05) is 28.6 Å². The number of carboxylic acid groups (broad SMARTS) is 1. The third-order valence-electron chi connectivity index (χ3n) is 4.38. The second-order valence-electron chi connectivity index (χ2n) is 6.10. The SMILES string of the molecule is NC(=O)c1sc(Oc2ccc(CC(=O)O)cc2)c2c1CCC1=C2[NH2+]N=C1. The Balaban J connectivity index is 1.69. The van der Waals surface area contributed by atoms with Crippen molar-refractivity contribution in [2.24, 2.45) is 10.8 Å². The zero-order chi connectivity index (χ0) is 18.3. The maximum absolute atomic E-state index is 11.8. The molecule has 0 saturated carbocycles. The number of fused-ring (bicyclic) bond motifs is 2. The molecule has 1 amide bonds. The fraction of sp³-hybridized carbons (Fsp3) is 0.167. The van der Waals surface area contributed by atoms with Gasteiger partial charge in [0.25, 0.3) is 5.91 Å². The van der Waals surface area contributed by atoms with Gasteiger partial charge in [-0.3, -0.25) is 9.59 Å². The van der Waals surface area contributed by atoms with Crippen LogP contribution in [-0.2, 0) is 17.6 Å². The van der Waals surface area contributed by atoms with Gasteiger partial charge in [0.15, 0.2) is 10.8 Å². The molecule has 5 N–H and O–H groups in total. The van der Waals surface area contributed by atoms with Crippen molar-refractivity contribution in [2.75, 3.05) is 0 Å². The molecule has 2 aromatic rings. The summed E-state index contributed by atoms with van der Waals surface area (Å²) in [5.74, 6) is -0.764. The summed E-state index contributed by atoms with van der Waals surface area (Å²) in [5, 5.41) is 13.7. The fourth-order valence-corrected chi connectivity index (χ4v) is 4.31. The third kappa shape index (κ3) is 2.89. The number of thiophene rings is 1. The van der Waals surface area contributed by atoms with E-state index in [0.717, 1.165) is 35.2 Å². The van der Waals surface area contributed by atoms with E-state index in [1.54, 1.807) is 29.7 Å². The molecule has 1 aromatic heterocycles. The van der Waals surface area contributed by atoms with Crippen molar-refractivity contribution in [3.05, 3.63) is 51.4 Å². The monoisotopic (exact) mass is 370 g/mol. The van der Waals surface area contributed by atoms with Crippen molar-refractivity contribution in [3.8, 4) is 10.8 Å². The Hall–Kier alpha value is -2.97. The minimum absolute atomic E-state index is 0.0386. The van der Waals surface area contributed by atoms with Gasteiger partial charge in [0.05, 0.1) is 23.1 Å². The normalized spacial score (nSPS) is 14.9. The van der Waals surface area contributed by atoms with E-state index in [0.29, 0.717) is 21.3 Å². The summed E-state index contributed by atoms with van der Waals surface area (Å²) in [7, 11) is 0. The molecule has 7 nitrogen and oxygen atoms in total. The number of nitrogens with two attached hydrogens (primary N) is 2. The zero-order valence-electron chi connectivity index (χ0n) is 13.7. The van der Waals surface area contributed by atoms with Gasteiger partial charge in [0, 0.05) is 5.57 Å². The second kappa shape index (κ2) is 6.40. The van der Waals surface area contributed by atoms with Crippen molar-refractivity contribution in [3.63, 3.8) is 0 Å². The molecule has 8 heteroatoms. The molecule has 1 aromatic carbocycles.